The normalized spacial score (nSPS) is 14.7. The van der Waals surface area contributed by atoms with E-state index in [4.69, 9.17) is 0 Å². The van der Waals surface area contributed by atoms with Gasteiger partial charge >= 0.3 is 0 Å². The third-order valence-electron chi connectivity index (χ3n) is 4.74. The van der Waals surface area contributed by atoms with E-state index in [0.717, 1.165) is 47.1 Å². The van der Waals surface area contributed by atoms with Gasteiger partial charge in [-0.05, 0) is 37.1 Å². The van der Waals surface area contributed by atoms with Crippen LogP contribution in [0.25, 0.3) is 10.2 Å². The van der Waals surface area contributed by atoms with Gasteiger partial charge in [0.25, 0.3) is 5.91 Å². The van der Waals surface area contributed by atoms with Gasteiger partial charge in [0.05, 0.1) is 39.7 Å². The summed E-state index contributed by atoms with van der Waals surface area (Å²) in [5.74, 6) is 0.576. The summed E-state index contributed by atoms with van der Waals surface area (Å²) >= 11 is 1.64. The van der Waals surface area contributed by atoms with Crippen LogP contribution in [0.3, 0.4) is 0 Å². The summed E-state index contributed by atoms with van der Waals surface area (Å²) in [6, 6.07) is 7.79. The summed E-state index contributed by atoms with van der Waals surface area (Å²) in [7, 11) is 0. The standard InChI is InChI=1S/C20H25N5OS/c1-13(2)11-24-6-7-25-17(12-24)9-16(23-25)10-21-20(26)15-4-5-19-18(8-15)22-14(3)27-19/h4-5,8-9,13H,6-7,10-12H2,1-3H3,(H,21,26). The van der Waals surface area contributed by atoms with Gasteiger partial charge in [-0.15, -0.1) is 11.3 Å². The van der Waals surface area contributed by atoms with E-state index < -0.39 is 0 Å². The monoisotopic (exact) mass is 383 g/mol. The van der Waals surface area contributed by atoms with Gasteiger partial charge in [0.1, 0.15) is 0 Å². The number of nitrogens with one attached hydrogen (secondary N) is 1. The van der Waals surface area contributed by atoms with E-state index in [1.807, 2.05) is 25.1 Å². The number of hydrogen-bond donors (Lipinski definition) is 1. The lowest BCUT2D eigenvalue weighted by Crippen LogP contribution is -2.36. The molecule has 3 aromatic rings. The van der Waals surface area contributed by atoms with Gasteiger partial charge in [-0.1, -0.05) is 13.8 Å². The van der Waals surface area contributed by atoms with Crippen LogP contribution in [0.4, 0.5) is 0 Å². The van der Waals surface area contributed by atoms with E-state index in [2.05, 4.69) is 44.9 Å². The van der Waals surface area contributed by atoms with Crippen molar-refractivity contribution in [2.45, 2.75) is 40.4 Å². The van der Waals surface area contributed by atoms with E-state index in [-0.39, 0.29) is 5.91 Å². The molecule has 0 fully saturated rings. The molecule has 7 heteroatoms. The number of fused-ring (bicyclic) bond motifs is 2. The number of benzene rings is 1. The Hall–Kier alpha value is -2.25. The fraction of sp³-hybridized carbons (Fsp3) is 0.450. The maximum absolute atomic E-state index is 12.5. The Morgan fingerprint density at radius 1 is 1.30 bits per heavy atom. The molecule has 0 atom stereocenters. The molecule has 3 heterocycles. The van der Waals surface area contributed by atoms with E-state index in [1.54, 1.807) is 11.3 Å². The van der Waals surface area contributed by atoms with Crippen molar-refractivity contribution in [1.29, 1.82) is 0 Å². The van der Waals surface area contributed by atoms with Crippen molar-refractivity contribution in [2.24, 2.45) is 5.92 Å². The number of rotatable bonds is 5. The molecule has 1 aliphatic heterocycles. The molecule has 1 amide bonds. The largest absolute Gasteiger partial charge is 0.346 e. The average molecular weight is 384 g/mol. The predicted molar refractivity (Wildman–Crippen MR) is 108 cm³/mol. The molecule has 27 heavy (non-hydrogen) atoms. The molecule has 1 aromatic carbocycles. The van der Waals surface area contributed by atoms with Gasteiger partial charge in [-0.2, -0.15) is 5.10 Å². The molecule has 4 rings (SSSR count). The Bertz CT molecular complexity index is 974. The Labute approximate surface area is 163 Å². The summed E-state index contributed by atoms with van der Waals surface area (Å²) in [5, 5.41) is 8.65. The minimum absolute atomic E-state index is 0.0880. The highest BCUT2D eigenvalue weighted by Crippen LogP contribution is 2.22. The molecule has 0 unspecified atom stereocenters. The first-order valence-corrected chi connectivity index (χ1v) is 10.2. The molecule has 2 aromatic heterocycles. The summed E-state index contributed by atoms with van der Waals surface area (Å²) in [5.41, 5.74) is 3.66. The fourth-order valence-electron chi connectivity index (χ4n) is 3.60. The van der Waals surface area contributed by atoms with Crippen molar-refractivity contribution in [2.75, 3.05) is 13.1 Å². The number of amides is 1. The molecule has 0 spiro atoms. The molecule has 0 bridgehead atoms. The van der Waals surface area contributed by atoms with E-state index in [9.17, 15) is 4.79 Å². The van der Waals surface area contributed by atoms with Gasteiger partial charge in [-0.25, -0.2) is 4.98 Å². The van der Waals surface area contributed by atoms with Gasteiger partial charge in [-0.3, -0.25) is 14.4 Å². The highest BCUT2D eigenvalue weighted by Gasteiger charge is 2.19. The molecule has 0 saturated heterocycles. The van der Waals surface area contributed by atoms with Crippen LogP contribution in [0.1, 0.15) is 40.6 Å². The molecule has 6 nitrogen and oxygen atoms in total. The van der Waals surface area contributed by atoms with Gasteiger partial charge in [0, 0.05) is 25.2 Å². The minimum Gasteiger partial charge on any atom is -0.346 e. The van der Waals surface area contributed by atoms with Crippen LogP contribution in [0.5, 0.6) is 0 Å². The second kappa shape index (κ2) is 7.40. The van der Waals surface area contributed by atoms with Crippen molar-refractivity contribution in [3.05, 3.63) is 46.2 Å². The Balaban J connectivity index is 1.40. The second-order valence-electron chi connectivity index (χ2n) is 7.58. The van der Waals surface area contributed by atoms with Crippen LogP contribution >= 0.6 is 11.3 Å². The van der Waals surface area contributed by atoms with Crippen LogP contribution in [-0.2, 0) is 19.6 Å². The maximum Gasteiger partial charge on any atom is 0.251 e. The van der Waals surface area contributed by atoms with E-state index in [0.29, 0.717) is 18.0 Å². The topological polar surface area (TPSA) is 63.1 Å². The second-order valence-corrected chi connectivity index (χ2v) is 8.81. The van der Waals surface area contributed by atoms with Crippen LogP contribution < -0.4 is 5.32 Å². The quantitative estimate of drug-likeness (QED) is 0.735. The van der Waals surface area contributed by atoms with Crippen LogP contribution in [0, 0.1) is 12.8 Å². The number of carbonyl (C=O) groups excluding carboxylic acids is 1. The number of hydrogen-bond acceptors (Lipinski definition) is 5. The lowest BCUT2D eigenvalue weighted by molar-refractivity contribution is 0.0950. The van der Waals surface area contributed by atoms with Crippen molar-refractivity contribution in [1.82, 2.24) is 25.0 Å². The van der Waals surface area contributed by atoms with Gasteiger partial charge < -0.3 is 5.32 Å². The number of aryl methyl sites for hydroxylation is 1. The zero-order valence-corrected chi connectivity index (χ0v) is 16.8. The zero-order valence-electron chi connectivity index (χ0n) is 16.0. The summed E-state index contributed by atoms with van der Waals surface area (Å²) in [6.07, 6.45) is 0. The molecule has 142 valence electrons. The van der Waals surface area contributed by atoms with Crippen molar-refractivity contribution in [3.63, 3.8) is 0 Å². The predicted octanol–water partition coefficient (Wildman–Crippen LogP) is 3.20. The Morgan fingerprint density at radius 3 is 2.96 bits per heavy atom. The first kappa shape index (κ1) is 18.1. The van der Waals surface area contributed by atoms with Gasteiger partial charge in [0.2, 0.25) is 0 Å². The Morgan fingerprint density at radius 2 is 2.15 bits per heavy atom. The third-order valence-corrected chi connectivity index (χ3v) is 5.69. The van der Waals surface area contributed by atoms with Crippen LogP contribution in [0.2, 0.25) is 0 Å². The molecule has 0 radical (unpaired) electrons. The first-order valence-electron chi connectivity index (χ1n) is 9.41. The molecule has 1 aliphatic rings. The first-order chi connectivity index (χ1) is 13.0. The van der Waals surface area contributed by atoms with Crippen molar-refractivity contribution < 1.29 is 4.79 Å². The molecule has 0 saturated carbocycles. The zero-order chi connectivity index (χ0) is 19.0. The van der Waals surface area contributed by atoms with Crippen LogP contribution in [-0.4, -0.2) is 38.7 Å². The summed E-state index contributed by atoms with van der Waals surface area (Å²) in [6.45, 7) is 10.9. The van der Waals surface area contributed by atoms with Crippen molar-refractivity contribution in [3.8, 4) is 0 Å². The van der Waals surface area contributed by atoms with Gasteiger partial charge in [0.15, 0.2) is 0 Å². The molecular weight excluding hydrogens is 358 g/mol. The molecular formula is C20H25N5OS. The Kier molecular flexibility index (Phi) is 4.97. The minimum atomic E-state index is -0.0880. The highest BCUT2D eigenvalue weighted by atomic mass is 32.1. The maximum atomic E-state index is 12.5. The molecule has 0 aliphatic carbocycles. The number of carbonyl (C=O) groups is 1. The lowest BCUT2D eigenvalue weighted by Gasteiger charge is -2.28. The lowest BCUT2D eigenvalue weighted by atomic mass is 10.2. The molecule has 1 N–H and O–H groups in total. The number of aromatic nitrogens is 3. The fourth-order valence-corrected chi connectivity index (χ4v) is 4.40. The SMILES string of the molecule is Cc1nc2cc(C(=O)NCc3cc4n(n3)CCN(CC(C)C)C4)ccc2s1. The smallest absolute Gasteiger partial charge is 0.251 e. The number of thiazole rings is 1. The highest BCUT2D eigenvalue weighted by molar-refractivity contribution is 7.18. The van der Waals surface area contributed by atoms with E-state index in [1.165, 1.54) is 5.69 Å². The van der Waals surface area contributed by atoms with Crippen molar-refractivity contribution >= 4 is 27.5 Å². The van der Waals surface area contributed by atoms with E-state index >= 15 is 0 Å². The van der Waals surface area contributed by atoms with Crippen LogP contribution in [0.15, 0.2) is 24.3 Å². The summed E-state index contributed by atoms with van der Waals surface area (Å²) < 4.78 is 3.18. The average Bonchev–Trinajstić information content (AvgIpc) is 3.19. The third kappa shape index (κ3) is 4.04. The number of nitrogens with zero attached hydrogens (tertiary/aromatic N) is 4. The summed E-state index contributed by atoms with van der Waals surface area (Å²) in [4.78, 5) is 19.4.